The first-order chi connectivity index (χ1) is 6.22. The molecule has 0 saturated carbocycles. The summed E-state index contributed by atoms with van der Waals surface area (Å²) in [7, 11) is 1.99. The topological polar surface area (TPSA) is 38.1 Å². The van der Waals surface area contributed by atoms with Gasteiger partial charge in [-0.1, -0.05) is 6.92 Å². The first kappa shape index (κ1) is 8.10. The molecule has 0 amide bonds. The van der Waals surface area contributed by atoms with Crippen LogP contribution >= 0.6 is 0 Å². The quantitative estimate of drug-likeness (QED) is 0.720. The molecule has 0 radical (unpaired) electrons. The Kier molecular flexibility index (Phi) is 1.72. The average Bonchev–Trinajstić information content (AvgIpc) is 2.42. The van der Waals surface area contributed by atoms with Gasteiger partial charge < -0.3 is 9.67 Å². The lowest BCUT2D eigenvalue weighted by atomic mass is 10.3. The predicted octanol–water partition coefficient (Wildman–Crippen LogP) is 1.84. The number of imidazole rings is 1. The molecule has 1 aromatic heterocycles. The highest BCUT2D eigenvalue weighted by Gasteiger charge is 2.05. The number of aromatic nitrogens is 2. The summed E-state index contributed by atoms with van der Waals surface area (Å²) in [6.07, 6.45) is 0.909. The lowest BCUT2D eigenvalue weighted by Crippen LogP contribution is -1.94. The van der Waals surface area contributed by atoms with Crippen LogP contribution in [-0.4, -0.2) is 14.7 Å². The van der Waals surface area contributed by atoms with Crippen molar-refractivity contribution in [2.45, 2.75) is 13.3 Å². The molecule has 0 saturated heterocycles. The van der Waals surface area contributed by atoms with Gasteiger partial charge >= 0.3 is 0 Å². The van der Waals surface area contributed by atoms with Crippen molar-refractivity contribution >= 4 is 11.0 Å². The van der Waals surface area contributed by atoms with Crippen molar-refractivity contribution < 1.29 is 5.11 Å². The maximum absolute atomic E-state index is 9.25. The number of aromatic hydroxyl groups is 1. The standard InChI is InChI=1S/C10H12N2O/c1-3-10-11-8-6-7(13)4-5-9(8)12(10)2/h4-6,13H,3H2,1-2H3. The van der Waals surface area contributed by atoms with Crippen LogP contribution in [0.4, 0.5) is 0 Å². The first-order valence-electron chi connectivity index (χ1n) is 4.36. The molecular weight excluding hydrogens is 164 g/mol. The summed E-state index contributed by atoms with van der Waals surface area (Å²) in [5.74, 6) is 1.31. The fourth-order valence-electron chi connectivity index (χ4n) is 1.55. The van der Waals surface area contributed by atoms with Gasteiger partial charge in [0.15, 0.2) is 0 Å². The molecule has 2 rings (SSSR count). The molecule has 0 bridgehead atoms. The van der Waals surface area contributed by atoms with Crippen LogP contribution in [0, 0.1) is 0 Å². The Hall–Kier alpha value is -1.51. The Morgan fingerprint density at radius 2 is 2.23 bits per heavy atom. The molecule has 2 aromatic rings. The van der Waals surface area contributed by atoms with Crippen LogP contribution in [0.3, 0.4) is 0 Å². The molecule has 13 heavy (non-hydrogen) atoms. The molecular formula is C10H12N2O. The van der Waals surface area contributed by atoms with Gasteiger partial charge in [-0.25, -0.2) is 4.98 Å². The van der Waals surface area contributed by atoms with E-state index in [1.54, 1.807) is 12.1 Å². The molecule has 0 unspecified atom stereocenters. The van der Waals surface area contributed by atoms with Gasteiger partial charge in [-0.3, -0.25) is 0 Å². The summed E-state index contributed by atoms with van der Waals surface area (Å²) >= 11 is 0. The number of aryl methyl sites for hydroxylation is 2. The lowest BCUT2D eigenvalue weighted by Gasteiger charge is -1.97. The fourth-order valence-corrected chi connectivity index (χ4v) is 1.55. The Balaban J connectivity index is 2.76. The lowest BCUT2D eigenvalue weighted by molar-refractivity contribution is 0.476. The van der Waals surface area contributed by atoms with Crippen molar-refractivity contribution in [3.8, 4) is 5.75 Å². The summed E-state index contributed by atoms with van der Waals surface area (Å²) in [4.78, 5) is 4.39. The van der Waals surface area contributed by atoms with Crippen molar-refractivity contribution in [3.63, 3.8) is 0 Å². The number of fused-ring (bicyclic) bond motifs is 1. The van der Waals surface area contributed by atoms with E-state index in [0.29, 0.717) is 0 Å². The molecule has 0 spiro atoms. The monoisotopic (exact) mass is 176 g/mol. The number of rotatable bonds is 1. The minimum Gasteiger partial charge on any atom is -0.508 e. The number of hydrogen-bond acceptors (Lipinski definition) is 2. The third-order valence-electron chi connectivity index (χ3n) is 2.27. The normalized spacial score (nSPS) is 10.9. The summed E-state index contributed by atoms with van der Waals surface area (Å²) in [6.45, 7) is 2.07. The molecule has 1 aromatic carbocycles. The van der Waals surface area contributed by atoms with Crippen molar-refractivity contribution in [1.82, 2.24) is 9.55 Å². The minimum absolute atomic E-state index is 0.272. The van der Waals surface area contributed by atoms with E-state index >= 15 is 0 Å². The average molecular weight is 176 g/mol. The zero-order chi connectivity index (χ0) is 9.42. The van der Waals surface area contributed by atoms with Gasteiger partial charge in [-0.2, -0.15) is 0 Å². The Labute approximate surface area is 76.6 Å². The molecule has 0 atom stereocenters. The van der Waals surface area contributed by atoms with E-state index in [9.17, 15) is 5.11 Å². The zero-order valence-electron chi connectivity index (χ0n) is 7.78. The Morgan fingerprint density at radius 1 is 1.46 bits per heavy atom. The number of benzene rings is 1. The van der Waals surface area contributed by atoms with Crippen LogP contribution in [0.15, 0.2) is 18.2 Å². The molecule has 68 valence electrons. The van der Waals surface area contributed by atoms with Gasteiger partial charge in [0, 0.05) is 19.5 Å². The molecule has 0 aliphatic heterocycles. The maximum Gasteiger partial charge on any atom is 0.117 e. The molecule has 1 heterocycles. The Morgan fingerprint density at radius 3 is 2.92 bits per heavy atom. The molecule has 0 aliphatic rings. The highest BCUT2D eigenvalue weighted by Crippen LogP contribution is 2.19. The van der Waals surface area contributed by atoms with E-state index in [4.69, 9.17) is 0 Å². The largest absolute Gasteiger partial charge is 0.508 e. The molecule has 0 aliphatic carbocycles. The summed E-state index contributed by atoms with van der Waals surface area (Å²) < 4.78 is 2.05. The highest BCUT2D eigenvalue weighted by molar-refractivity contribution is 5.77. The van der Waals surface area contributed by atoms with E-state index < -0.39 is 0 Å². The maximum atomic E-state index is 9.25. The highest BCUT2D eigenvalue weighted by atomic mass is 16.3. The van der Waals surface area contributed by atoms with Crippen molar-refractivity contribution in [2.75, 3.05) is 0 Å². The second-order valence-corrected chi connectivity index (χ2v) is 3.11. The van der Waals surface area contributed by atoms with Crippen molar-refractivity contribution in [3.05, 3.63) is 24.0 Å². The predicted molar refractivity (Wildman–Crippen MR) is 51.8 cm³/mol. The molecule has 3 heteroatoms. The van der Waals surface area contributed by atoms with Crippen molar-refractivity contribution in [2.24, 2.45) is 7.05 Å². The van der Waals surface area contributed by atoms with Crippen LogP contribution in [0.2, 0.25) is 0 Å². The van der Waals surface area contributed by atoms with Crippen LogP contribution < -0.4 is 0 Å². The number of hydrogen-bond donors (Lipinski definition) is 1. The van der Waals surface area contributed by atoms with E-state index in [1.807, 2.05) is 13.1 Å². The van der Waals surface area contributed by atoms with E-state index in [-0.39, 0.29) is 5.75 Å². The number of nitrogens with zero attached hydrogens (tertiary/aromatic N) is 2. The van der Waals surface area contributed by atoms with Gasteiger partial charge in [0.25, 0.3) is 0 Å². The third kappa shape index (κ3) is 1.16. The fraction of sp³-hybridized carbons (Fsp3) is 0.300. The van der Waals surface area contributed by atoms with Crippen LogP contribution in [-0.2, 0) is 13.5 Å². The molecule has 3 nitrogen and oxygen atoms in total. The summed E-state index contributed by atoms with van der Waals surface area (Å²) in [5, 5.41) is 9.25. The van der Waals surface area contributed by atoms with E-state index in [2.05, 4.69) is 16.5 Å². The van der Waals surface area contributed by atoms with Crippen LogP contribution in [0.1, 0.15) is 12.7 Å². The van der Waals surface area contributed by atoms with Gasteiger partial charge in [0.05, 0.1) is 11.0 Å². The Bertz CT molecular complexity index is 445. The van der Waals surface area contributed by atoms with E-state index in [0.717, 1.165) is 23.3 Å². The first-order valence-corrected chi connectivity index (χ1v) is 4.36. The summed E-state index contributed by atoms with van der Waals surface area (Å²) in [6, 6.07) is 5.26. The van der Waals surface area contributed by atoms with Gasteiger partial charge in [-0.05, 0) is 12.1 Å². The second kappa shape index (κ2) is 2.76. The minimum atomic E-state index is 0.272. The number of phenolic OH excluding ortho intramolecular Hbond substituents is 1. The molecule has 0 fully saturated rings. The van der Waals surface area contributed by atoms with Gasteiger partial charge in [0.1, 0.15) is 11.6 Å². The van der Waals surface area contributed by atoms with Crippen molar-refractivity contribution in [1.29, 1.82) is 0 Å². The third-order valence-corrected chi connectivity index (χ3v) is 2.27. The second-order valence-electron chi connectivity index (χ2n) is 3.11. The molecule has 1 N–H and O–H groups in total. The SMILES string of the molecule is CCc1nc2cc(O)ccc2n1C. The van der Waals surface area contributed by atoms with Crippen LogP contribution in [0.5, 0.6) is 5.75 Å². The summed E-state index contributed by atoms with van der Waals surface area (Å²) in [5.41, 5.74) is 1.93. The van der Waals surface area contributed by atoms with Gasteiger partial charge in [-0.15, -0.1) is 0 Å². The zero-order valence-corrected chi connectivity index (χ0v) is 7.78. The van der Waals surface area contributed by atoms with Gasteiger partial charge in [0.2, 0.25) is 0 Å². The smallest absolute Gasteiger partial charge is 0.117 e. The van der Waals surface area contributed by atoms with Crippen LogP contribution in [0.25, 0.3) is 11.0 Å². The number of phenols is 1. The van der Waals surface area contributed by atoms with E-state index in [1.165, 1.54) is 0 Å².